The van der Waals surface area contributed by atoms with Gasteiger partial charge in [0, 0.05) is 12.0 Å². The van der Waals surface area contributed by atoms with Crippen LogP contribution in [-0.4, -0.2) is 21.7 Å². The van der Waals surface area contributed by atoms with Gasteiger partial charge in [0.1, 0.15) is 5.82 Å². The normalized spacial score (nSPS) is 12.5. The van der Waals surface area contributed by atoms with E-state index in [2.05, 4.69) is 22.1 Å². The molecule has 2 aromatic rings. The van der Waals surface area contributed by atoms with Crippen molar-refractivity contribution in [2.24, 2.45) is 11.7 Å². The van der Waals surface area contributed by atoms with Crippen molar-refractivity contribution in [3.63, 3.8) is 0 Å². The van der Waals surface area contributed by atoms with Gasteiger partial charge in [-0.15, -0.1) is 0 Å². The Labute approximate surface area is 114 Å². The van der Waals surface area contributed by atoms with E-state index in [1.807, 2.05) is 30.3 Å². The molecule has 0 saturated carbocycles. The monoisotopic (exact) mass is 258 g/mol. The first-order valence-corrected chi connectivity index (χ1v) is 7.00. The van der Waals surface area contributed by atoms with E-state index in [0.29, 0.717) is 5.92 Å². The molecule has 0 aliphatic rings. The second-order valence-electron chi connectivity index (χ2n) is 4.86. The Morgan fingerprint density at radius 1 is 1.21 bits per heavy atom. The van der Waals surface area contributed by atoms with Crippen LogP contribution in [0.5, 0.6) is 0 Å². The van der Waals surface area contributed by atoms with E-state index in [9.17, 15) is 0 Å². The largest absolute Gasteiger partial charge is 0.330 e. The summed E-state index contributed by atoms with van der Waals surface area (Å²) >= 11 is 0. The lowest BCUT2D eigenvalue weighted by Crippen LogP contribution is -2.09. The first-order valence-electron chi connectivity index (χ1n) is 7.00. The first kappa shape index (κ1) is 13.7. The minimum Gasteiger partial charge on any atom is -0.330 e. The predicted molar refractivity (Wildman–Crippen MR) is 77.6 cm³/mol. The Bertz CT molecular complexity index is 478. The first-order chi connectivity index (χ1) is 9.33. The van der Waals surface area contributed by atoms with Crippen LogP contribution in [-0.2, 0) is 6.42 Å². The van der Waals surface area contributed by atoms with Crippen molar-refractivity contribution in [2.75, 3.05) is 6.54 Å². The zero-order valence-electron chi connectivity index (χ0n) is 11.5. The molecule has 2 rings (SSSR count). The summed E-state index contributed by atoms with van der Waals surface area (Å²) in [6.07, 6.45) is 4.34. The highest BCUT2D eigenvalue weighted by Gasteiger charge is 2.09. The van der Waals surface area contributed by atoms with E-state index < -0.39 is 0 Å². The molecule has 0 amide bonds. The summed E-state index contributed by atoms with van der Waals surface area (Å²) in [4.78, 5) is 4.55. The minimum absolute atomic E-state index is 0.690. The summed E-state index contributed by atoms with van der Waals surface area (Å²) in [5.74, 6) is 2.44. The van der Waals surface area contributed by atoms with Gasteiger partial charge in [-0.3, -0.25) is 5.10 Å². The number of aryl methyl sites for hydroxylation is 1. The summed E-state index contributed by atoms with van der Waals surface area (Å²) in [6.45, 7) is 2.99. The molecule has 0 fully saturated rings. The molecule has 1 aromatic carbocycles. The van der Waals surface area contributed by atoms with Crippen LogP contribution in [0.2, 0.25) is 0 Å². The average Bonchev–Trinajstić information content (AvgIpc) is 2.93. The zero-order valence-corrected chi connectivity index (χ0v) is 11.5. The van der Waals surface area contributed by atoms with Crippen molar-refractivity contribution < 1.29 is 0 Å². The third-order valence-electron chi connectivity index (χ3n) is 3.51. The molecule has 0 spiro atoms. The predicted octanol–water partition coefficient (Wildman–Crippen LogP) is 2.78. The number of nitrogens with two attached hydrogens (primary N) is 1. The minimum atomic E-state index is 0.690. The van der Waals surface area contributed by atoms with Crippen molar-refractivity contribution in [1.29, 1.82) is 0 Å². The maximum Gasteiger partial charge on any atom is 0.181 e. The number of H-pyrrole nitrogens is 1. The Hall–Kier alpha value is -1.68. The van der Waals surface area contributed by atoms with Crippen molar-refractivity contribution >= 4 is 0 Å². The lowest BCUT2D eigenvalue weighted by atomic mass is 9.96. The number of hydrogen-bond donors (Lipinski definition) is 2. The quantitative estimate of drug-likeness (QED) is 0.802. The maximum absolute atomic E-state index is 5.62. The van der Waals surface area contributed by atoms with Gasteiger partial charge in [0.15, 0.2) is 5.82 Å². The van der Waals surface area contributed by atoms with Gasteiger partial charge in [0.05, 0.1) is 0 Å². The molecular formula is C15H22N4. The standard InChI is InChI=1S/C15H22N4/c1-2-12(10-11-16)8-9-14-17-15(19-18-14)13-6-4-3-5-7-13/h3-7,12H,2,8-11,16H2,1H3,(H,17,18,19). The fourth-order valence-electron chi connectivity index (χ4n) is 2.25. The molecule has 0 aliphatic heterocycles. The van der Waals surface area contributed by atoms with Gasteiger partial charge >= 0.3 is 0 Å². The molecule has 19 heavy (non-hydrogen) atoms. The second-order valence-corrected chi connectivity index (χ2v) is 4.86. The number of benzene rings is 1. The van der Waals surface area contributed by atoms with Gasteiger partial charge in [-0.2, -0.15) is 5.10 Å². The molecule has 102 valence electrons. The molecule has 1 heterocycles. The summed E-state index contributed by atoms with van der Waals surface area (Å²) in [5, 5.41) is 7.31. The van der Waals surface area contributed by atoms with Crippen molar-refractivity contribution in [3.05, 3.63) is 36.2 Å². The molecular weight excluding hydrogens is 236 g/mol. The van der Waals surface area contributed by atoms with Crippen molar-refractivity contribution in [2.45, 2.75) is 32.6 Å². The third-order valence-corrected chi connectivity index (χ3v) is 3.51. The Kier molecular flexibility index (Phi) is 5.10. The van der Waals surface area contributed by atoms with E-state index in [0.717, 1.165) is 43.0 Å². The summed E-state index contributed by atoms with van der Waals surface area (Å²) in [5.41, 5.74) is 6.67. The van der Waals surface area contributed by atoms with Crippen LogP contribution in [0.1, 0.15) is 32.0 Å². The average molecular weight is 258 g/mol. The Morgan fingerprint density at radius 2 is 2.00 bits per heavy atom. The number of nitrogens with zero attached hydrogens (tertiary/aromatic N) is 2. The van der Waals surface area contributed by atoms with E-state index >= 15 is 0 Å². The van der Waals surface area contributed by atoms with Crippen LogP contribution < -0.4 is 5.73 Å². The van der Waals surface area contributed by atoms with Crippen LogP contribution in [0.15, 0.2) is 30.3 Å². The third kappa shape index (κ3) is 3.89. The van der Waals surface area contributed by atoms with Crippen molar-refractivity contribution in [3.8, 4) is 11.4 Å². The summed E-state index contributed by atoms with van der Waals surface area (Å²) in [6, 6.07) is 10.0. The number of rotatable bonds is 7. The fraction of sp³-hybridized carbons (Fsp3) is 0.467. The highest BCUT2D eigenvalue weighted by molar-refractivity contribution is 5.53. The molecule has 0 radical (unpaired) electrons. The SMILES string of the molecule is CCC(CCN)CCc1nc(-c2ccccc2)n[nH]1. The van der Waals surface area contributed by atoms with Crippen LogP contribution >= 0.6 is 0 Å². The van der Waals surface area contributed by atoms with E-state index in [1.165, 1.54) is 6.42 Å². The fourth-order valence-corrected chi connectivity index (χ4v) is 2.25. The Morgan fingerprint density at radius 3 is 2.68 bits per heavy atom. The molecule has 0 aliphatic carbocycles. The zero-order chi connectivity index (χ0) is 13.5. The van der Waals surface area contributed by atoms with Crippen molar-refractivity contribution in [1.82, 2.24) is 15.2 Å². The van der Waals surface area contributed by atoms with Crippen LogP contribution in [0, 0.1) is 5.92 Å². The van der Waals surface area contributed by atoms with E-state index in [1.54, 1.807) is 0 Å². The van der Waals surface area contributed by atoms with Gasteiger partial charge in [0.2, 0.25) is 0 Å². The topological polar surface area (TPSA) is 67.6 Å². The molecule has 0 bridgehead atoms. The number of hydrogen-bond acceptors (Lipinski definition) is 3. The molecule has 1 atom stereocenters. The lowest BCUT2D eigenvalue weighted by Gasteiger charge is -2.11. The lowest BCUT2D eigenvalue weighted by molar-refractivity contribution is 0.439. The summed E-state index contributed by atoms with van der Waals surface area (Å²) < 4.78 is 0. The number of aromatic nitrogens is 3. The van der Waals surface area contributed by atoms with Crippen LogP contribution in [0.3, 0.4) is 0 Å². The van der Waals surface area contributed by atoms with Gasteiger partial charge in [-0.1, -0.05) is 43.7 Å². The molecule has 1 unspecified atom stereocenters. The van der Waals surface area contributed by atoms with Gasteiger partial charge < -0.3 is 5.73 Å². The highest BCUT2D eigenvalue weighted by Crippen LogP contribution is 2.17. The molecule has 0 saturated heterocycles. The van der Waals surface area contributed by atoms with E-state index in [-0.39, 0.29) is 0 Å². The molecule has 1 aromatic heterocycles. The summed E-state index contributed by atoms with van der Waals surface area (Å²) in [7, 11) is 0. The molecule has 4 nitrogen and oxygen atoms in total. The van der Waals surface area contributed by atoms with Crippen LogP contribution in [0.25, 0.3) is 11.4 Å². The smallest absolute Gasteiger partial charge is 0.181 e. The maximum atomic E-state index is 5.62. The molecule has 3 N–H and O–H groups in total. The van der Waals surface area contributed by atoms with Gasteiger partial charge in [-0.05, 0) is 25.3 Å². The number of aromatic amines is 1. The highest BCUT2D eigenvalue weighted by atomic mass is 15.2. The van der Waals surface area contributed by atoms with Gasteiger partial charge in [-0.25, -0.2) is 4.98 Å². The second kappa shape index (κ2) is 7.04. The number of nitrogens with one attached hydrogen (secondary N) is 1. The van der Waals surface area contributed by atoms with Gasteiger partial charge in [0.25, 0.3) is 0 Å². The molecule has 4 heteroatoms. The van der Waals surface area contributed by atoms with Crippen LogP contribution in [0.4, 0.5) is 0 Å². The van der Waals surface area contributed by atoms with E-state index in [4.69, 9.17) is 5.73 Å². The Balaban J connectivity index is 1.94.